The van der Waals surface area contributed by atoms with Gasteiger partial charge in [-0.25, -0.2) is 0 Å². The van der Waals surface area contributed by atoms with Gasteiger partial charge in [0.1, 0.15) is 23.9 Å². The first-order valence-corrected chi connectivity index (χ1v) is 7.58. The molecular formula is C19H16ClNO2. The van der Waals surface area contributed by atoms with Crippen molar-refractivity contribution >= 4 is 17.3 Å². The van der Waals surface area contributed by atoms with E-state index in [0.717, 1.165) is 11.3 Å². The molecule has 3 rings (SSSR count). The van der Waals surface area contributed by atoms with Crippen LogP contribution < -0.4 is 15.2 Å². The number of nitrogen functional groups attached to an aromatic ring is 1. The Morgan fingerprint density at radius 1 is 0.826 bits per heavy atom. The standard InChI is InChI=1S/C19H16ClNO2/c20-15-5-3-4-14(12-15)13-22-16-8-10-17(11-9-16)23-19-7-2-1-6-18(19)21/h1-12H,13,21H2. The van der Waals surface area contributed by atoms with Gasteiger partial charge in [-0.05, 0) is 54.1 Å². The van der Waals surface area contributed by atoms with Crippen molar-refractivity contribution in [3.63, 3.8) is 0 Å². The Balaban J connectivity index is 1.62. The molecule has 3 nitrogen and oxygen atoms in total. The monoisotopic (exact) mass is 325 g/mol. The predicted octanol–water partition coefficient (Wildman–Crippen LogP) is 5.29. The molecule has 0 saturated carbocycles. The van der Waals surface area contributed by atoms with Crippen LogP contribution in [0.5, 0.6) is 17.2 Å². The second-order valence-electron chi connectivity index (χ2n) is 5.03. The van der Waals surface area contributed by atoms with Gasteiger partial charge in [0.25, 0.3) is 0 Å². The van der Waals surface area contributed by atoms with Crippen LogP contribution in [-0.2, 0) is 6.61 Å². The molecule has 0 amide bonds. The van der Waals surface area contributed by atoms with E-state index >= 15 is 0 Å². The van der Waals surface area contributed by atoms with E-state index in [0.29, 0.717) is 28.8 Å². The van der Waals surface area contributed by atoms with Crippen LogP contribution >= 0.6 is 11.6 Å². The molecule has 0 aliphatic heterocycles. The summed E-state index contributed by atoms with van der Waals surface area (Å²) in [5.41, 5.74) is 7.49. The first-order valence-electron chi connectivity index (χ1n) is 7.20. The lowest BCUT2D eigenvalue weighted by molar-refractivity contribution is 0.306. The van der Waals surface area contributed by atoms with Crippen molar-refractivity contribution in [2.45, 2.75) is 6.61 Å². The van der Waals surface area contributed by atoms with Gasteiger partial charge < -0.3 is 15.2 Å². The van der Waals surface area contributed by atoms with Crippen LogP contribution in [0.4, 0.5) is 5.69 Å². The molecule has 0 fully saturated rings. The number of nitrogens with two attached hydrogens (primary N) is 1. The Bertz CT molecular complexity index is 787. The molecular weight excluding hydrogens is 310 g/mol. The van der Waals surface area contributed by atoms with Crippen molar-refractivity contribution in [2.75, 3.05) is 5.73 Å². The van der Waals surface area contributed by atoms with Crippen molar-refractivity contribution in [1.82, 2.24) is 0 Å². The van der Waals surface area contributed by atoms with E-state index in [1.54, 1.807) is 6.07 Å². The highest BCUT2D eigenvalue weighted by Crippen LogP contribution is 2.28. The number of hydrogen-bond acceptors (Lipinski definition) is 3. The highest BCUT2D eigenvalue weighted by Gasteiger charge is 2.02. The summed E-state index contributed by atoms with van der Waals surface area (Å²) in [6, 6.07) is 22.4. The Kier molecular flexibility index (Phi) is 4.69. The van der Waals surface area contributed by atoms with Gasteiger partial charge in [0.15, 0.2) is 0 Å². The second-order valence-corrected chi connectivity index (χ2v) is 5.47. The third-order valence-corrected chi connectivity index (χ3v) is 3.50. The molecule has 0 radical (unpaired) electrons. The number of anilines is 1. The fourth-order valence-electron chi connectivity index (χ4n) is 2.10. The van der Waals surface area contributed by atoms with Crippen molar-refractivity contribution < 1.29 is 9.47 Å². The fraction of sp³-hybridized carbons (Fsp3) is 0.0526. The quantitative estimate of drug-likeness (QED) is 0.648. The number of halogens is 1. The largest absolute Gasteiger partial charge is 0.489 e. The number of hydrogen-bond donors (Lipinski definition) is 1. The molecule has 0 atom stereocenters. The van der Waals surface area contributed by atoms with E-state index in [9.17, 15) is 0 Å². The van der Waals surface area contributed by atoms with E-state index in [-0.39, 0.29) is 0 Å². The van der Waals surface area contributed by atoms with Crippen LogP contribution in [0.15, 0.2) is 72.8 Å². The first kappa shape index (κ1) is 15.3. The molecule has 4 heteroatoms. The van der Waals surface area contributed by atoms with Crippen LogP contribution in [0, 0.1) is 0 Å². The summed E-state index contributed by atoms with van der Waals surface area (Å²) in [6.07, 6.45) is 0. The van der Waals surface area contributed by atoms with E-state index in [4.69, 9.17) is 26.8 Å². The molecule has 2 N–H and O–H groups in total. The Labute approximate surface area is 140 Å². The summed E-state index contributed by atoms with van der Waals surface area (Å²) < 4.78 is 11.5. The molecule has 23 heavy (non-hydrogen) atoms. The summed E-state index contributed by atoms with van der Waals surface area (Å²) in [4.78, 5) is 0. The molecule has 116 valence electrons. The lowest BCUT2D eigenvalue weighted by Gasteiger charge is -2.10. The van der Waals surface area contributed by atoms with Crippen molar-refractivity contribution in [1.29, 1.82) is 0 Å². The van der Waals surface area contributed by atoms with Gasteiger partial charge in [-0.15, -0.1) is 0 Å². The zero-order chi connectivity index (χ0) is 16.1. The van der Waals surface area contributed by atoms with Crippen LogP contribution in [0.2, 0.25) is 5.02 Å². The second kappa shape index (κ2) is 7.07. The SMILES string of the molecule is Nc1ccccc1Oc1ccc(OCc2cccc(Cl)c2)cc1. The van der Waals surface area contributed by atoms with Gasteiger partial charge in [0.2, 0.25) is 0 Å². The molecule has 3 aromatic carbocycles. The fourth-order valence-corrected chi connectivity index (χ4v) is 2.31. The third-order valence-electron chi connectivity index (χ3n) is 3.27. The Hall–Kier alpha value is -2.65. The van der Waals surface area contributed by atoms with Crippen LogP contribution in [0.3, 0.4) is 0 Å². The summed E-state index contributed by atoms with van der Waals surface area (Å²) in [5.74, 6) is 2.11. The molecule has 0 aliphatic rings. The summed E-state index contributed by atoms with van der Waals surface area (Å²) in [5, 5.41) is 0.704. The average Bonchev–Trinajstić information content (AvgIpc) is 2.56. The van der Waals surface area contributed by atoms with Crippen LogP contribution in [-0.4, -0.2) is 0 Å². The number of para-hydroxylation sites is 2. The maximum absolute atomic E-state index is 5.95. The van der Waals surface area contributed by atoms with E-state index in [2.05, 4.69) is 0 Å². The minimum absolute atomic E-state index is 0.465. The lowest BCUT2D eigenvalue weighted by atomic mass is 10.2. The third kappa shape index (κ3) is 4.18. The summed E-state index contributed by atoms with van der Waals surface area (Å²) in [6.45, 7) is 0.465. The summed E-state index contributed by atoms with van der Waals surface area (Å²) >= 11 is 5.95. The van der Waals surface area contributed by atoms with Gasteiger partial charge in [0, 0.05) is 5.02 Å². The van der Waals surface area contributed by atoms with E-state index in [1.807, 2.05) is 66.7 Å². The number of ether oxygens (including phenoxy) is 2. The molecule has 0 aromatic heterocycles. The maximum atomic E-state index is 5.95. The van der Waals surface area contributed by atoms with Crippen molar-refractivity contribution in [2.24, 2.45) is 0 Å². The van der Waals surface area contributed by atoms with Crippen LogP contribution in [0.1, 0.15) is 5.56 Å². The van der Waals surface area contributed by atoms with Gasteiger partial charge >= 0.3 is 0 Å². The molecule has 0 saturated heterocycles. The molecule has 0 heterocycles. The van der Waals surface area contributed by atoms with Crippen molar-refractivity contribution in [3.8, 4) is 17.2 Å². The Morgan fingerprint density at radius 3 is 2.30 bits per heavy atom. The minimum Gasteiger partial charge on any atom is -0.489 e. The van der Waals surface area contributed by atoms with Gasteiger partial charge in [-0.1, -0.05) is 35.9 Å². The zero-order valence-electron chi connectivity index (χ0n) is 12.4. The average molecular weight is 326 g/mol. The van der Waals surface area contributed by atoms with E-state index < -0.39 is 0 Å². The molecule has 0 bridgehead atoms. The van der Waals surface area contributed by atoms with Crippen LogP contribution in [0.25, 0.3) is 0 Å². The predicted molar refractivity (Wildman–Crippen MR) is 93.2 cm³/mol. The topological polar surface area (TPSA) is 44.5 Å². The normalized spacial score (nSPS) is 10.3. The number of benzene rings is 3. The Morgan fingerprint density at radius 2 is 1.57 bits per heavy atom. The van der Waals surface area contributed by atoms with Crippen molar-refractivity contribution in [3.05, 3.63) is 83.4 Å². The molecule has 3 aromatic rings. The zero-order valence-corrected chi connectivity index (χ0v) is 13.2. The highest BCUT2D eigenvalue weighted by molar-refractivity contribution is 6.30. The van der Waals surface area contributed by atoms with Gasteiger partial charge in [-0.2, -0.15) is 0 Å². The molecule has 0 unspecified atom stereocenters. The van der Waals surface area contributed by atoms with Gasteiger partial charge in [0.05, 0.1) is 5.69 Å². The van der Waals surface area contributed by atoms with E-state index in [1.165, 1.54) is 0 Å². The number of rotatable bonds is 5. The first-order chi connectivity index (χ1) is 11.2. The van der Waals surface area contributed by atoms with Gasteiger partial charge in [-0.3, -0.25) is 0 Å². The highest BCUT2D eigenvalue weighted by atomic mass is 35.5. The lowest BCUT2D eigenvalue weighted by Crippen LogP contribution is -1.95. The minimum atomic E-state index is 0.465. The molecule has 0 aliphatic carbocycles. The molecule has 0 spiro atoms. The summed E-state index contributed by atoms with van der Waals surface area (Å²) in [7, 11) is 0. The smallest absolute Gasteiger partial charge is 0.150 e. The maximum Gasteiger partial charge on any atom is 0.150 e.